The maximum absolute atomic E-state index is 2.73. The molecule has 344 valence electrons. The van der Waals surface area contributed by atoms with E-state index in [0.717, 1.165) is 12.8 Å². The maximum atomic E-state index is 2.73. The predicted molar refractivity (Wildman–Crippen MR) is 295 cm³/mol. The molecule has 0 fully saturated rings. The Hall–Kier alpha value is -5.80. The molecule has 0 radical (unpaired) electrons. The van der Waals surface area contributed by atoms with Gasteiger partial charge in [-0.25, -0.2) is 0 Å². The highest BCUT2D eigenvalue weighted by Gasteiger charge is 2.49. The molecule has 0 spiro atoms. The standard InChI is InChI=1S/C65H71BN2/c1-60(2,3)41-21-26-46(27-22-41)67-55-30-25-43(62(7,8)9)35-52(55)66-53-38-50-51-39-56(53)68(58-37-45(63(10,11)12)36-57(67)59(58)66)54-29-24-42(61(4,5)6)33-49(54)47-28-23-44(65(51,15)32-31-64(50,13)14)34-48(47)40-19-17-16-18-20-40/h16-30,33-39H,31-32H2,1-15H3. The molecule has 1 unspecified atom stereocenters. The van der Waals surface area contributed by atoms with Crippen molar-refractivity contribution < 1.29 is 0 Å². The minimum atomic E-state index is -0.195. The van der Waals surface area contributed by atoms with E-state index in [1.807, 2.05) is 0 Å². The van der Waals surface area contributed by atoms with Gasteiger partial charge in [-0.15, -0.1) is 0 Å². The van der Waals surface area contributed by atoms with Crippen molar-refractivity contribution >= 4 is 57.2 Å². The molecular weight excluding hydrogens is 820 g/mol. The molecule has 7 aromatic carbocycles. The van der Waals surface area contributed by atoms with Gasteiger partial charge >= 0.3 is 0 Å². The number of hydrogen-bond donors (Lipinski definition) is 0. The Labute approximate surface area is 408 Å². The van der Waals surface area contributed by atoms with Gasteiger partial charge in [0.1, 0.15) is 0 Å². The highest BCUT2D eigenvalue weighted by atomic mass is 15.2. The van der Waals surface area contributed by atoms with E-state index in [1.54, 1.807) is 0 Å². The summed E-state index contributed by atoms with van der Waals surface area (Å²) in [4.78, 5) is 5.35. The van der Waals surface area contributed by atoms with Crippen LogP contribution >= 0.6 is 0 Å². The van der Waals surface area contributed by atoms with Crippen LogP contribution in [0.1, 0.15) is 156 Å². The topological polar surface area (TPSA) is 6.48 Å². The fourth-order valence-corrected chi connectivity index (χ4v) is 12.1. The summed E-state index contributed by atoms with van der Waals surface area (Å²) in [5.74, 6) is 0. The summed E-state index contributed by atoms with van der Waals surface area (Å²) < 4.78 is 0. The van der Waals surface area contributed by atoms with E-state index < -0.39 is 0 Å². The Kier molecular flexibility index (Phi) is 9.61. The van der Waals surface area contributed by atoms with Crippen molar-refractivity contribution in [1.82, 2.24) is 0 Å². The van der Waals surface area contributed by atoms with Crippen LogP contribution in [0.5, 0.6) is 0 Å². The van der Waals surface area contributed by atoms with E-state index in [2.05, 4.69) is 247 Å². The van der Waals surface area contributed by atoms with Crippen molar-refractivity contribution in [1.29, 1.82) is 0 Å². The van der Waals surface area contributed by atoms with E-state index in [1.165, 1.54) is 112 Å². The van der Waals surface area contributed by atoms with Crippen molar-refractivity contribution in [3.8, 4) is 22.3 Å². The van der Waals surface area contributed by atoms with Gasteiger partial charge in [0.2, 0.25) is 0 Å². The van der Waals surface area contributed by atoms with Gasteiger partial charge in [-0.05, 0) is 167 Å². The van der Waals surface area contributed by atoms with E-state index in [-0.39, 0.29) is 39.2 Å². The summed E-state index contributed by atoms with van der Waals surface area (Å²) in [6.07, 6.45) is 2.20. The fraction of sp³-hybridized carbons (Fsp3) is 0.354. The van der Waals surface area contributed by atoms with Crippen LogP contribution in [0, 0.1) is 0 Å². The third-order valence-electron chi connectivity index (χ3n) is 16.6. The van der Waals surface area contributed by atoms with Crippen LogP contribution in [0.4, 0.5) is 34.1 Å². The molecular formula is C65H71BN2. The van der Waals surface area contributed by atoms with Gasteiger partial charge in [0, 0.05) is 39.4 Å². The quantitative estimate of drug-likeness (QED) is 0.160. The molecule has 1 atom stereocenters. The van der Waals surface area contributed by atoms with Crippen LogP contribution < -0.4 is 26.2 Å². The summed E-state index contributed by atoms with van der Waals surface area (Å²) in [6.45, 7) is 35.8. The Balaban J connectivity index is 1.33. The van der Waals surface area contributed by atoms with Crippen LogP contribution in [0.25, 0.3) is 22.3 Å². The predicted octanol–water partition coefficient (Wildman–Crippen LogP) is 16.0. The van der Waals surface area contributed by atoms with Crippen molar-refractivity contribution in [3.63, 3.8) is 0 Å². The van der Waals surface area contributed by atoms with Crippen molar-refractivity contribution in [2.24, 2.45) is 0 Å². The lowest BCUT2D eigenvalue weighted by molar-refractivity contribution is 0.350. The summed E-state index contributed by atoms with van der Waals surface area (Å²) in [7, 11) is 0. The molecule has 0 aromatic heterocycles. The Morgan fingerprint density at radius 2 is 0.985 bits per heavy atom. The minimum Gasteiger partial charge on any atom is -0.311 e. The summed E-state index contributed by atoms with van der Waals surface area (Å²) >= 11 is 0. The number of nitrogens with zero attached hydrogens (tertiary/aromatic N) is 2. The lowest BCUT2D eigenvalue weighted by atomic mass is 9.32. The molecule has 4 bridgehead atoms. The monoisotopic (exact) mass is 891 g/mol. The van der Waals surface area contributed by atoms with Crippen molar-refractivity contribution in [3.05, 3.63) is 172 Å². The zero-order valence-corrected chi connectivity index (χ0v) is 43.6. The van der Waals surface area contributed by atoms with E-state index in [0.29, 0.717) is 0 Å². The average Bonchev–Trinajstić information content (AvgIpc) is 3.30. The van der Waals surface area contributed by atoms with Gasteiger partial charge in [-0.2, -0.15) is 0 Å². The highest BCUT2D eigenvalue weighted by Crippen LogP contribution is 2.56. The summed E-state index contributed by atoms with van der Waals surface area (Å²) in [5.41, 5.74) is 26.2. The first-order valence-corrected chi connectivity index (χ1v) is 25.4. The van der Waals surface area contributed by atoms with Gasteiger partial charge in [0.15, 0.2) is 0 Å². The summed E-state index contributed by atoms with van der Waals surface area (Å²) in [6, 6.07) is 53.5. The molecule has 0 saturated heterocycles. The number of benzene rings is 7. The van der Waals surface area contributed by atoms with E-state index >= 15 is 0 Å². The molecule has 4 aliphatic heterocycles. The lowest BCUT2D eigenvalue weighted by Gasteiger charge is -2.48. The average molecular weight is 891 g/mol. The smallest absolute Gasteiger partial charge is 0.252 e. The number of rotatable bonds is 2. The first kappa shape index (κ1) is 44.7. The second-order valence-corrected chi connectivity index (χ2v) is 25.9. The molecule has 12 rings (SSSR count). The largest absolute Gasteiger partial charge is 0.311 e. The molecule has 2 nitrogen and oxygen atoms in total. The minimum absolute atomic E-state index is 0.0125. The molecule has 0 saturated carbocycles. The third kappa shape index (κ3) is 6.80. The second kappa shape index (κ2) is 14.6. The molecule has 7 aromatic rings. The molecule has 3 heteroatoms. The molecule has 0 amide bonds. The number of anilines is 6. The van der Waals surface area contributed by atoms with E-state index in [9.17, 15) is 0 Å². The van der Waals surface area contributed by atoms with Crippen molar-refractivity contribution in [2.45, 2.75) is 149 Å². The van der Waals surface area contributed by atoms with Gasteiger partial charge < -0.3 is 9.80 Å². The second-order valence-electron chi connectivity index (χ2n) is 25.9. The number of hydrogen-bond acceptors (Lipinski definition) is 2. The van der Waals surface area contributed by atoms with Crippen molar-refractivity contribution in [2.75, 3.05) is 9.80 Å². The molecule has 68 heavy (non-hydrogen) atoms. The Morgan fingerprint density at radius 3 is 1.62 bits per heavy atom. The number of fused-ring (bicyclic) bond motifs is 5. The first-order valence-electron chi connectivity index (χ1n) is 25.4. The van der Waals surface area contributed by atoms with Crippen LogP contribution in [-0.4, -0.2) is 6.71 Å². The summed E-state index contributed by atoms with van der Waals surface area (Å²) in [5, 5.41) is 0. The van der Waals surface area contributed by atoms with Gasteiger partial charge in [-0.1, -0.05) is 183 Å². The fourth-order valence-electron chi connectivity index (χ4n) is 12.1. The highest BCUT2D eigenvalue weighted by molar-refractivity contribution is 7.00. The SMILES string of the molecule is CC(C)(C)c1ccc(N2c3ccc(C(C)(C)C)cc3B3c4cc5c6cc4N(c4ccc(C(C)(C)C)cc4-c4ccc(cc4-c4ccccc4)C6(C)CCC5(C)C)c4cc(C(C)(C)C)cc2c43)cc1. The Bertz CT molecular complexity index is 3200. The van der Waals surface area contributed by atoms with Crippen LogP contribution in [0.15, 0.2) is 133 Å². The Morgan fingerprint density at radius 1 is 0.412 bits per heavy atom. The van der Waals surface area contributed by atoms with Gasteiger partial charge in [0.25, 0.3) is 6.71 Å². The van der Waals surface area contributed by atoms with Crippen LogP contribution in [0.2, 0.25) is 0 Å². The molecule has 5 aliphatic rings. The zero-order valence-electron chi connectivity index (χ0n) is 43.6. The molecule has 4 heterocycles. The maximum Gasteiger partial charge on any atom is 0.252 e. The normalized spacial score (nSPS) is 17.9. The zero-order chi connectivity index (χ0) is 48.2. The van der Waals surface area contributed by atoms with Gasteiger partial charge in [0.05, 0.1) is 5.69 Å². The van der Waals surface area contributed by atoms with E-state index in [4.69, 9.17) is 0 Å². The lowest BCUT2D eigenvalue weighted by Crippen LogP contribution is -2.62. The molecule has 0 N–H and O–H groups in total. The first-order chi connectivity index (χ1) is 31.8. The van der Waals surface area contributed by atoms with Crippen LogP contribution in [-0.2, 0) is 32.5 Å². The molecule has 1 aliphatic carbocycles. The van der Waals surface area contributed by atoms with Gasteiger partial charge in [-0.3, -0.25) is 0 Å². The van der Waals surface area contributed by atoms with Crippen LogP contribution in [0.3, 0.4) is 0 Å². The third-order valence-corrected chi connectivity index (χ3v) is 16.6.